The van der Waals surface area contributed by atoms with Gasteiger partial charge in [0, 0.05) is 17.0 Å². The Labute approximate surface area is 106 Å². The monoisotopic (exact) mass is 253 g/mol. The van der Waals surface area contributed by atoms with Crippen LogP contribution in [0.15, 0.2) is 18.2 Å². The van der Waals surface area contributed by atoms with E-state index in [1.807, 2.05) is 6.92 Å². The molecule has 1 N–H and O–H groups in total. The van der Waals surface area contributed by atoms with Gasteiger partial charge in [0.1, 0.15) is 0 Å². The minimum atomic E-state index is -0.466. The number of halogens is 1. The van der Waals surface area contributed by atoms with E-state index in [1.54, 1.807) is 32.0 Å². The second kappa shape index (κ2) is 5.82. The van der Waals surface area contributed by atoms with Crippen LogP contribution in [0, 0.1) is 6.92 Å². The van der Waals surface area contributed by atoms with Gasteiger partial charge >= 0.3 is 0 Å². The molecule has 1 atom stereocenters. The van der Waals surface area contributed by atoms with E-state index in [4.69, 9.17) is 11.6 Å². The van der Waals surface area contributed by atoms with Crippen LogP contribution in [-0.4, -0.2) is 17.7 Å². The van der Waals surface area contributed by atoms with Gasteiger partial charge in [-0.1, -0.05) is 18.5 Å². The van der Waals surface area contributed by atoms with Gasteiger partial charge in [-0.2, -0.15) is 0 Å². The van der Waals surface area contributed by atoms with Gasteiger partial charge in [-0.25, -0.2) is 0 Å². The molecule has 0 saturated carbocycles. The van der Waals surface area contributed by atoms with Gasteiger partial charge in [0.2, 0.25) is 0 Å². The highest BCUT2D eigenvalue weighted by Gasteiger charge is 2.15. The van der Waals surface area contributed by atoms with Crippen molar-refractivity contribution >= 4 is 23.3 Å². The van der Waals surface area contributed by atoms with Gasteiger partial charge in [-0.05, 0) is 37.6 Å². The number of rotatable bonds is 4. The lowest BCUT2D eigenvalue weighted by atomic mass is 10.1. The highest BCUT2D eigenvalue weighted by Crippen LogP contribution is 2.14. The highest BCUT2D eigenvalue weighted by molar-refractivity contribution is 6.31. The van der Waals surface area contributed by atoms with Gasteiger partial charge in [0.25, 0.3) is 5.91 Å². The summed E-state index contributed by atoms with van der Waals surface area (Å²) in [4.78, 5) is 23.2. The van der Waals surface area contributed by atoms with Crippen molar-refractivity contribution in [2.75, 3.05) is 0 Å². The number of amides is 1. The molecule has 1 amide bonds. The van der Waals surface area contributed by atoms with Crippen molar-refractivity contribution in [2.24, 2.45) is 0 Å². The van der Waals surface area contributed by atoms with E-state index >= 15 is 0 Å². The molecule has 0 radical (unpaired) electrons. The van der Waals surface area contributed by atoms with Crippen molar-refractivity contribution in [3.63, 3.8) is 0 Å². The molecule has 0 aromatic heterocycles. The minimum Gasteiger partial charge on any atom is -0.343 e. The molecule has 0 aliphatic carbocycles. The summed E-state index contributed by atoms with van der Waals surface area (Å²) in [7, 11) is 0. The largest absolute Gasteiger partial charge is 0.343 e. The summed E-state index contributed by atoms with van der Waals surface area (Å²) in [5, 5.41) is 3.17. The average Bonchev–Trinajstić information content (AvgIpc) is 2.26. The fraction of sp³-hybridized carbons (Fsp3) is 0.385. The summed E-state index contributed by atoms with van der Waals surface area (Å²) >= 11 is 5.87. The molecule has 4 heteroatoms. The molecule has 1 aromatic rings. The molecule has 92 valence electrons. The molecule has 1 aromatic carbocycles. The lowest BCUT2D eigenvalue weighted by Crippen LogP contribution is -2.38. The van der Waals surface area contributed by atoms with Crippen LogP contribution in [0.5, 0.6) is 0 Å². The van der Waals surface area contributed by atoms with Crippen LogP contribution >= 0.6 is 11.6 Å². The first kappa shape index (κ1) is 13.7. The lowest BCUT2D eigenvalue weighted by Gasteiger charge is -2.12. The number of Topliss-reactive ketones (excluding diaryl/α,β-unsaturated/α-hetero) is 1. The predicted octanol–water partition coefficient (Wildman–Crippen LogP) is 2.75. The molecule has 0 bridgehead atoms. The number of nitrogens with one attached hydrogen (secondary N) is 1. The Morgan fingerprint density at radius 3 is 2.53 bits per heavy atom. The Hall–Kier alpha value is -1.35. The van der Waals surface area contributed by atoms with E-state index < -0.39 is 6.04 Å². The molecular weight excluding hydrogens is 238 g/mol. The first-order valence-corrected chi connectivity index (χ1v) is 5.92. The van der Waals surface area contributed by atoms with Gasteiger partial charge in [0.15, 0.2) is 5.78 Å². The number of hydrogen-bond donors (Lipinski definition) is 1. The number of carbonyl (C=O) groups is 2. The van der Waals surface area contributed by atoms with E-state index in [-0.39, 0.29) is 11.7 Å². The number of carbonyl (C=O) groups excluding carboxylic acids is 2. The number of ketones is 1. The quantitative estimate of drug-likeness (QED) is 0.897. The number of benzene rings is 1. The zero-order valence-electron chi connectivity index (χ0n) is 10.2. The first-order valence-electron chi connectivity index (χ1n) is 5.54. The minimum absolute atomic E-state index is 0.0112. The van der Waals surface area contributed by atoms with Crippen molar-refractivity contribution in [1.29, 1.82) is 0 Å². The van der Waals surface area contributed by atoms with Crippen molar-refractivity contribution in [2.45, 2.75) is 33.2 Å². The zero-order valence-corrected chi connectivity index (χ0v) is 11.0. The average molecular weight is 254 g/mol. The Kier molecular flexibility index (Phi) is 4.70. The van der Waals surface area contributed by atoms with E-state index in [0.29, 0.717) is 17.0 Å². The maximum Gasteiger partial charge on any atom is 0.251 e. The van der Waals surface area contributed by atoms with E-state index in [9.17, 15) is 9.59 Å². The topological polar surface area (TPSA) is 46.2 Å². The standard InChI is InChI=1S/C13H16ClNO2/c1-4-12(16)9(3)15-13(17)10-5-8(2)6-11(14)7-10/h5-7,9H,4H2,1-3H3,(H,15,17). The Morgan fingerprint density at radius 2 is 2.00 bits per heavy atom. The Bertz CT molecular complexity index is 423. The molecular formula is C13H16ClNO2. The van der Waals surface area contributed by atoms with Crippen LogP contribution in [0.2, 0.25) is 5.02 Å². The third-order valence-electron chi connectivity index (χ3n) is 2.48. The fourth-order valence-corrected chi connectivity index (χ4v) is 1.82. The fourth-order valence-electron chi connectivity index (χ4n) is 1.53. The number of aryl methyl sites for hydroxylation is 1. The molecule has 0 fully saturated rings. The number of hydrogen-bond acceptors (Lipinski definition) is 2. The van der Waals surface area contributed by atoms with Crippen LogP contribution in [-0.2, 0) is 4.79 Å². The van der Waals surface area contributed by atoms with Gasteiger partial charge in [-0.3, -0.25) is 9.59 Å². The zero-order chi connectivity index (χ0) is 13.0. The molecule has 0 saturated heterocycles. The van der Waals surface area contributed by atoms with Crippen LogP contribution in [0.1, 0.15) is 36.2 Å². The van der Waals surface area contributed by atoms with Crippen LogP contribution in [0.25, 0.3) is 0 Å². The molecule has 3 nitrogen and oxygen atoms in total. The Morgan fingerprint density at radius 1 is 1.35 bits per heavy atom. The molecule has 1 unspecified atom stereocenters. The summed E-state index contributed by atoms with van der Waals surface area (Å²) in [6.07, 6.45) is 0.413. The maximum absolute atomic E-state index is 11.9. The second-order valence-corrected chi connectivity index (χ2v) is 4.47. The smallest absolute Gasteiger partial charge is 0.251 e. The summed E-state index contributed by atoms with van der Waals surface area (Å²) in [6.45, 7) is 5.32. The predicted molar refractivity (Wildman–Crippen MR) is 68.4 cm³/mol. The normalized spacial score (nSPS) is 12.0. The summed E-state index contributed by atoms with van der Waals surface area (Å²) < 4.78 is 0. The highest BCUT2D eigenvalue weighted by atomic mass is 35.5. The first-order chi connectivity index (χ1) is 7.93. The van der Waals surface area contributed by atoms with Gasteiger partial charge in [-0.15, -0.1) is 0 Å². The van der Waals surface area contributed by atoms with Crippen LogP contribution < -0.4 is 5.32 Å². The van der Waals surface area contributed by atoms with Crippen molar-refractivity contribution in [3.8, 4) is 0 Å². The summed E-state index contributed by atoms with van der Waals surface area (Å²) in [5.74, 6) is -0.262. The summed E-state index contributed by atoms with van der Waals surface area (Å²) in [5.41, 5.74) is 1.39. The summed E-state index contributed by atoms with van der Waals surface area (Å²) in [6, 6.07) is 4.64. The molecule has 1 rings (SSSR count). The van der Waals surface area contributed by atoms with E-state index in [1.165, 1.54) is 0 Å². The second-order valence-electron chi connectivity index (χ2n) is 4.03. The van der Waals surface area contributed by atoms with Gasteiger partial charge in [0.05, 0.1) is 6.04 Å². The van der Waals surface area contributed by atoms with Crippen LogP contribution in [0.3, 0.4) is 0 Å². The molecule has 0 aliphatic heterocycles. The van der Waals surface area contributed by atoms with Crippen molar-refractivity contribution in [3.05, 3.63) is 34.3 Å². The van der Waals surface area contributed by atoms with Gasteiger partial charge < -0.3 is 5.32 Å². The molecule has 0 spiro atoms. The van der Waals surface area contributed by atoms with E-state index in [2.05, 4.69) is 5.32 Å². The van der Waals surface area contributed by atoms with E-state index in [0.717, 1.165) is 5.56 Å². The SMILES string of the molecule is CCC(=O)C(C)NC(=O)c1cc(C)cc(Cl)c1. The van der Waals surface area contributed by atoms with Crippen molar-refractivity contribution in [1.82, 2.24) is 5.32 Å². The molecule has 0 heterocycles. The maximum atomic E-state index is 11.9. The van der Waals surface area contributed by atoms with Crippen LogP contribution in [0.4, 0.5) is 0 Å². The third kappa shape index (κ3) is 3.86. The van der Waals surface area contributed by atoms with Crippen molar-refractivity contribution < 1.29 is 9.59 Å². The third-order valence-corrected chi connectivity index (χ3v) is 2.70. The molecule has 0 aliphatic rings. The molecule has 17 heavy (non-hydrogen) atoms. The lowest BCUT2D eigenvalue weighted by molar-refractivity contribution is -0.120. The Balaban J connectivity index is 2.79.